The molecule has 1 aliphatic rings. The van der Waals surface area contributed by atoms with E-state index in [-0.39, 0.29) is 6.03 Å². The Kier molecular flexibility index (Phi) is 6.51. The van der Waals surface area contributed by atoms with E-state index in [1.54, 1.807) is 12.3 Å². The molecule has 0 unspecified atom stereocenters. The summed E-state index contributed by atoms with van der Waals surface area (Å²) in [6, 6.07) is 15.3. The molecule has 0 radical (unpaired) electrons. The zero-order valence-electron chi connectivity index (χ0n) is 16.6. The summed E-state index contributed by atoms with van der Waals surface area (Å²) in [5.74, 6) is 0. The van der Waals surface area contributed by atoms with Crippen LogP contribution in [0.15, 0.2) is 60.9 Å². The fourth-order valence-corrected chi connectivity index (χ4v) is 3.58. The van der Waals surface area contributed by atoms with Gasteiger partial charge in [-0.1, -0.05) is 23.7 Å². The molecule has 0 aliphatic carbocycles. The largest absolute Gasteiger partial charge is 0.378 e. The van der Waals surface area contributed by atoms with E-state index in [2.05, 4.69) is 20.6 Å². The molecular formula is C22H24ClN5O2. The summed E-state index contributed by atoms with van der Waals surface area (Å²) in [6.07, 6.45) is 4.39. The second-order valence-corrected chi connectivity index (χ2v) is 7.45. The number of halogens is 1. The highest BCUT2D eigenvalue weighted by molar-refractivity contribution is 6.31. The van der Waals surface area contributed by atoms with E-state index >= 15 is 0 Å². The van der Waals surface area contributed by atoms with E-state index in [9.17, 15) is 4.79 Å². The number of carbonyl (C=O) groups is 1. The number of morpholine rings is 1. The van der Waals surface area contributed by atoms with Crippen LogP contribution in [0, 0.1) is 0 Å². The maximum absolute atomic E-state index is 12.4. The van der Waals surface area contributed by atoms with Crippen molar-refractivity contribution < 1.29 is 9.53 Å². The summed E-state index contributed by atoms with van der Waals surface area (Å²) in [5.41, 5.74) is 3.80. The van der Waals surface area contributed by atoms with Crippen molar-refractivity contribution >= 4 is 29.0 Å². The number of anilines is 2. The molecule has 0 spiro atoms. The summed E-state index contributed by atoms with van der Waals surface area (Å²) in [6.45, 7) is 3.44. The van der Waals surface area contributed by atoms with Crippen LogP contribution in [0.2, 0.25) is 5.02 Å². The number of amides is 2. The molecule has 0 atom stereocenters. The van der Waals surface area contributed by atoms with Crippen molar-refractivity contribution in [2.24, 2.45) is 0 Å². The van der Waals surface area contributed by atoms with E-state index in [1.165, 1.54) is 0 Å². The minimum absolute atomic E-state index is 0.250. The lowest BCUT2D eigenvalue weighted by molar-refractivity contribution is 0.123. The smallest absolute Gasteiger partial charge is 0.319 e. The van der Waals surface area contributed by atoms with Gasteiger partial charge in [-0.15, -0.1) is 0 Å². The lowest BCUT2D eigenvalue weighted by atomic mass is 10.1. The molecule has 1 saturated heterocycles. The number of nitrogens with zero attached hydrogens (tertiary/aromatic N) is 3. The van der Waals surface area contributed by atoms with Crippen molar-refractivity contribution in [2.45, 2.75) is 6.42 Å². The SMILES string of the molecule is O=C(NCCc1ccc(-n2cccn2)cc1)Nc1cc(Cl)ccc1N1CCOCC1. The lowest BCUT2D eigenvalue weighted by Gasteiger charge is -2.30. The summed E-state index contributed by atoms with van der Waals surface area (Å²) in [5, 5.41) is 10.7. The molecule has 2 aromatic carbocycles. The Labute approximate surface area is 180 Å². The van der Waals surface area contributed by atoms with Gasteiger partial charge < -0.3 is 20.3 Å². The third-order valence-electron chi connectivity index (χ3n) is 4.96. The molecule has 1 fully saturated rings. The number of nitrogens with one attached hydrogen (secondary N) is 2. The number of carbonyl (C=O) groups excluding carboxylic acids is 1. The summed E-state index contributed by atoms with van der Waals surface area (Å²) in [4.78, 5) is 14.6. The van der Waals surface area contributed by atoms with Crippen molar-refractivity contribution in [3.05, 3.63) is 71.5 Å². The maximum Gasteiger partial charge on any atom is 0.319 e. The van der Waals surface area contributed by atoms with Crippen LogP contribution in [0.4, 0.5) is 16.2 Å². The van der Waals surface area contributed by atoms with Gasteiger partial charge in [-0.3, -0.25) is 0 Å². The van der Waals surface area contributed by atoms with Crippen molar-refractivity contribution in [1.29, 1.82) is 0 Å². The number of hydrogen-bond donors (Lipinski definition) is 2. The van der Waals surface area contributed by atoms with Crippen LogP contribution in [0.1, 0.15) is 5.56 Å². The lowest BCUT2D eigenvalue weighted by Crippen LogP contribution is -2.37. The maximum atomic E-state index is 12.4. The van der Waals surface area contributed by atoms with Crippen LogP contribution in [0.5, 0.6) is 0 Å². The van der Waals surface area contributed by atoms with Crippen molar-refractivity contribution in [2.75, 3.05) is 43.1 Å². The monoisotopic (exact) mass is 425 g/mol. The number of ether oxygens (including phenoxy) is 1. The van der Waals surface area contributed by atoms with Gasteiger partial charge in [0.25, 0.3) is 0 Å². The van der Waals surface area contributed by atoms with Crippen molar-refractivity contribution in [3.63, 3.8) is 0 Å². The summed E-state index contributed by atoms with van der Waals surface area (Å²) < 4.78 is 7.23. The Balaban J connectivity index is 1.31. The van der Waals surface area contributed by atoms with Crippen LogP contribution in [0.25, 0.3) is 5.69 Å². The molecule has 3 aromatic rings. The van der Waals surface area contributed by atoms with Crippen LogP contribution >= 0.6 is 11.6 Å². The van der Waals surface area contributed by atoms with E-state index in [0.717, 1.165) is 36.4 Å². The average Bonchev–Trinajstić information content (AvgIpc) is 3.30. The van der Waals surface area contributed by atoms with E-state index in [4.69, 9.17) is 16.3 Å². The standard InChI is InChI=1S/C22H24ClN5O2/c23-18-4-7-21(27-12-14-30-15-13-27)20(16-18)26-22(29)24-10-8-17-2-5-19(6-3-17)28-11-1-9-25-28/h1-7,9,11,16H,8,10,12-15H2,(H2,24,26,29). The first-order chi connectivity index (χ1) is 14.7. The zero-order valence-corrected chi connectivity index (χ0v) is 17.3. The van der Waals surface area contributed by atoms with Crippen LogP contribution in [-0.4, -0.2) is 48.7 Å². The number of benzene rings is 2. The molecule has 2 heterocycles. The first-order valence-electron chi connectivity index (χ1n) is 9.95. The number of rotatable bonds is 6. The summed E-state index contributed by atoms with van der Waals surface area (Å²) >= 11 is 6.15. The highest BCUT2D eigenvalue weighted by Crippen LogP contribution is 2.29. The molecule has 7 nitrogen and oxygen atoms in total. The number of hydrogen-bond acceptors (Lipinski definition) is 4. The zero-order chi connectivity index (χ0) is 20.8. The molecular weight excluding hydrogens is 402 g/mol. The Morgan fingerprint density at radius 2 is 1.93 bits per heavy atom. The molecule has 0 saturated carbocycles. The van der Waals surface area contributed by atoms with Crippen LogP contribution < -0.4 is 15.5 Å². The molecule has 30 heavy (non-hydrogen) atoms. The van der Waals surface area contributed by atoms with E-state index < -0.39 is 0 Å². The Morgan fingerprint density at radius 1 is 1.13 bits per heavy atom. The van der Waals surface area contributed by atoms with E-state index in [0.29, 0.717) is 30.5 Å². The molecule has 8 heteroatoms. The predicted octanol–water partition coefficient (Wildman–Crippen LogP) is 3.73. The van der Waals surface area contributed by atoms with Crippen molar-refractivity contribution in [1.82, 2.24) is 15.1 Å². The first-order valence-corrected chi connectivity index (χ1v) is 10.3. The number of aromatic nitrogens is 2. The third kappa shape index (κ3) is 5.11. The van der Waals surface area contributed by atoms with Gasteiger partial charge in [0.1, 0.15) is 0 Å². The summed E-state index contributed by atoms with van der Waals surface area (Å²) in [7, 11) is 0. The molecule has 2 amide bonds. The Bertz CT molecular complexity index is 970. The first kappa shape index (κ1) is 20.3. The van der Waals surface area contributed by atoms with Gasteiger partial charge >= 0.3 is 6.03 Å². The molecule has 1 aromatic heterocycles. The predicted molar refractivity (Wildman–Crippen MR) is 119 cm³/mol. The van der Waals surface area contributed by atoms with Gasteiger partial charge in [0.05, 0.1) is 30.3 Å². The van der Waals surface area contributed by atoms with Gasteiger partial charge in [0, 0.05) is 37.1 Å². The second-order valence-electron chi connectivity index (χ2n) is 7.01. The topological polar surface area (TPSA) is 71.4 Å². The molecule has 0 bridgehead atoms. The van der Waals surface area contributed by atoms with Gasteiger partial charge in [-0.2, -0.15) is 5.10 Å². The average molecular weight is 426 g/mol. The molecule has 1 aliphatic heterocycles. The van der Waals surface area contributed by atoms with Crippen LogP contribution in [-0.2, 0) is 11.2 Å². The van der Waals surface area contributed by atoms with Gasteiger partial charge in [0.2, 0.25) is 0 Å². The van der Waals surface area contributed by atoms with Crippen molar-refractivity contribution in [3.8, 4) is 5.69 Å². The highest BCUT2D eigenvalue weighted by Gasteiger charge is 2.16. The molecule has 2 N–H and O–H groups in total. The highest BCUT2D eigenvalue weighted by atomic mass is 35.5. The Hall–Kier alpha value is -3.03. The van der Waals surface area contributed by atoms with Gasteiger partial charge in [-0.25, -0.2) is 9.48 Å². The van der Waals surface area contributed by atoms with Gasteiger partial charge in [0.15, 0.2) is 0 Å². The normalized spacial score (nSPS) is 13.8. The van der Waals surface area contributed by atoms with Crippen LogP contribution in [0.3, 0.4) is 0 Å². The van der Waals surface area contributed by atoms with E-state index in [1.807, 2.05) is 53.3 Å². The van der Waals surface area contributed by atoms with Gasteiger partial charge in [-0.05, 0) is 48.4 Å². The molecule has 156 valence electrons. The number of urea groups is 1. The quantitative estimate of drug-likeness (QED) is 0.631. The Morgan fingerprint density at radius 3 is 2.67 bits per heavy atom. The fourth-order valence-electron chi connectivity index (χ4n) is 3.41. The molecule has 4 rings (SSSR count). The second kappa shape index (κ2) is 9.65. The third-order valence-corrected chi connectivity index (χ3v) is 5.20. The fraction of sp³-hybridized carbons (Fsp3) is 0.273. The minimum Gasteiger partial charge on any atom is -0.378 e. The minimum atomic E-state index is -0.250.